The zero-order valence-corrected chi connectivity index (χ0v) is 11.3. The van der Waals surface area contributed by atoms with Crippen LogP contribution in [0, 0.1) is 0 Å². The Morgan fingerprint density at radius 2 is 1.85 bits per heavy atom. The third-order valence-electron chi connectivity index (χ3n) is 3.82. The molecular weight excluding hydrogens is 246 g/mol. The number of furan rings is 1. The molecule has 0 fully saturated rings. The summed E-state index contributed by atoms with van der Waals surface area (Å²) in [6, 6.07) is 14.7. The Bertz CT molecular complexity index is 854. The zero-order chi connectivity index (χ0) is 13.5. The molecule has 2 heteroatoms. The molecule has 0 saturated heterocycles. The van der Waals surface area contributed by atoms with Crippen LogP contribution in [0.2, 0.25) is 0 Å². The highest BCUT2D eigenvalue weighted by Gasteiger charge is 2.16. The fourth-order valence-corrected chi connectivity index (χ4v) is 2.84. The van der Waals surface area contributed by atoms with E-state index in [9.17, 15) is 0 Å². The summed E-state index contributed by atoms with van der Waals surface area (Å²) in [7, 11) is 0. The van der Waals surface area contributed by atoms with E-state index in [1.54, 1.807) is 0 Å². The van der Waals surface area contributed by atoms with E-state index in [2.05, 4.69) is 54.7 Å². The number of nitrogens with one attached hydrogen (secondary N) is 1. The molecule has 2 nitrogen and oxygen atoms in total. The molecule has 0 radical (unpaired) electrons. The van der Waals surface area contributed by atoms with Crippen molar-refractivity contribution in [2.45, 2.75) is 13.0 Å². The van der Waals surface area contributed by atoms with Gasteiger partial charge in [0.1, 0.15) is 11.2 Å². The SMILES string of the molecule is CC1=CC(c2cccc3c2oc2ccccc23)NC=C1. The molecule has 2 aromatic carbocycles. The Kier molecular flexibility index (Phi) is 2.43. The number of rotatable bonds is 1. The summed E-state index contributed by atoms with van der Waals surface area (Å²) >= 11 is 0. The lowest BCUT2D eigenvalue weighted by Gasteiger charge is -2.18. The first-order chi connectivity index (χ1) is 9.83. The summed E-state index contributed by atoms with van der Waals surface area (Å²) in [5.74, 6) is 0. The van der Waals surface area contributed by atoms with Gasteiger partial charge in [-0.05, 0) is 25.3 Å². The van der Waals surface area contributed by atoms with Gasteiger partial charge in [-0.3, -0.25) is 0 Å². The largest absolute Gasteiger partial charge is 0.456 e. The van der Waals surface area contributed by atoms with Crippen molar-refractivity contribution in [2.75, 3.05) is 0 Å². The maximum absolute atomic E-state index is 6.08. The molecule has 20 heavy (non-hydrogen) atoms. The summed E-state index contributed by atoms with van der Waals surface area (Å²) in [6.07, 6.45) is 6.30. The van der Waals surface area contributed by atoms with E-state index in [0.29, 0.717) is 0 Å². The van der Waals surface area contributed by atoms with E-state index >= 15 is 0 Å². The Balaban J connectivity index is 1.98. The number of allylic oxidation sites excluding steroid dienone is 2. The molecule has 0 saturated carbocycles. The van der Waals surface area contributed by atoms with Crippen LogP contribution in [0.15, 0.2) is 70.8 Å². The molecule has 1 atom stereocenters. The van der Waals surface area contributed by atoms with E-state index in [0.717, 1.165) is 11.2 Å². The van der Waals surface area contributed by atoms with Crippen LogP contribution in [-0.2, 0) is 0 Å². The molecule has 0 amide bonds. The highest BCUT2D eigenvalue weighted by atomic mass is 16.3. The molecule has 1 aliphatic heterocycles. The lowest BCUT2D eigenvalue weighted by Crippen LogP contribution is -2.16. The van der Waals surface area contributed by atoms with Crippen LogP contribution in [0.5, 0.6) is 0 Å². The molecule has 98 valence electrons. The molecule has 1 aliphatic rings. The molecule has 3 aromatic rings. The zero-order valence-electron chi connectivity index (χ0n) is 11.3. The third-order valence-corrected chi connectivity index (χ3v) is 3.82. The van der Waals surface area contributed by atoms with Crippen molar-refractivity contribution in [3.63, 3.8) is 0 Å². The van der Waals surface area contributed by atoms with Gasteiger partial charge in [0.25, 0.3) is 0 Å². The molecular formula is C18H15NO. The lowest BCUT2D eigenvalue weighted by atomic mass is 10.00. The van der Waals surface area contributed by atoms with Crippen LogP contribution in [0.3, 0.4) is 0 Å². The summed E-state index contributed by atoms with van der Waals surface area (Å²) in [6.45, 7) is 2.11. The Morgan fingerprint density at radius 3 is 2.75 bits per heavy atom. The Morgan fingerprint density at radius 1 is 1.00 bits per heavy atom. The topological polar surface area (TPSA) is 25.2 Å². The van der Waals surface area contributed by atoms with Crippen molar-refractivity contribution in [3.8, 4) is 0 Å². The average molecular weight is 261 g/mol. The summed E-state index contributed by atoms with van der Waals surface area (Å²) in [4.78, 5) is 0. The van der Waals surface area contributed by atoms with Gasteiger partial charge in [-0.2, -0.15) is 0 Å². The van der Waals surface area contributed by atoms with E-state index in [-0.39, 0.29) is 6.04 Å². The highest BCUT2D eigenvalue weighted by Crippen LogP contribution is 2.34. The molecule has 0 spiro atoms. The smallest absolute Gasteiger partial charge is 0.141 e. The molecule has 2 heterocycles. The second-order valence-corrected chi connectivity index (χ2v) is 5.21. The summed E-state index contributed by atoms with van der Waals surface area (Å²) in [5.41, 5.74) is 4.37. The summed E-state index contributed by atoms with van der Waals surface area (Å²) in [5, 5.41) is 5.74. The minimum Gasteiger partial charge on any atom is -0.456 e. The molecule has 1 aromatic heterocycles. The Hall–Kier alpha value is -2.48. The van der Waals surface area contributed by atoms with Crippen LogP contribution in [0.4, 0.5) is 0 Å². The van der Waals surface area contributed by atoms with E-state index in [1.807, 2.05) is 18.3 Å². The molecule has 1 N–H and O–H groups in total. The van der Waals surface area contributed by atoms with Gasteiger partial charge in [0.05, 0.1) is 6.04 Å². The number of hydrogen-bond acceptors (Lipinski definition) is 2. The van der Waals surface area contributed by atoms with Crippen molar-refractivity contribution < 1.29 is 4.42 Å². The van der Waals surface area contributed by atoms with Gasteiger partial charge in [0, 0.05) is 16.3 Å². The van der Waals surface area contributed by atoms with Gasteiger partial charge < -0.3 is 9.73 Å². The minimum atomic E-state index is 0.171. The predicted molar refractivity (Wildman–Crippen MR) is 82.5 cm³/mol. The van der Waals surface area contributed by atoms with Crippen molar-refractivity contribution >= 4 is 21.9 Å². The fourth-order valence-electron chi connectivity index (χ4n) is 2.84. The van der Waals surface area contributed by atoms with Crippen LogP contribution < -0.4 is 5.32 Å². The number of dihydropyridines is 1. The summed E-state index contributed by atoms with van der Waals surface area (Å²) < 4.78 is 6.08. The van der Waals surface area contributed by atoms with Crippen molar-refractivity contribution in [1.29, 1.82) is 0 Å². The van der Waals surface area contributed by atoms with Crippen LogP contribution in [-0.4, -0.2) is 0 Å². The van der Waals surface area contributed by atoms with Crippen LogP contribution >= 0.6 is 0 Å². The van der Waals surface area contributed by atoms with Crippen molar-refractivity contribution in [1.82, 2.24) is 5.32 Å². The first-order valence-corrected chi connectivity index (χ1v) is 6.84. The number of benzene rings is 2. The second-order valence-electron chi connectivity index (χ2n) is 5.21. The van der Waals surface area contributed by atoms with Crippen molar-refractivity contribution in [2.24, 2.45) is 0 Å². The quantitative estimate of drug-likeness (QED) is 0.687. The first-order valence-electron chi connectivity index (χ1n) is 6.84. The molecule has 1 unspecified atom stereocenters. The average Bonchev–Trinajstić information content (AvgIpc) is 2.86. The fraction of sp³-hybridized carbons (Fsp3) is 0.111. The maximum atomic E-state index is 6.08. The lowest BCUT2D eigenvalue weighted by molar-refractivity contribution is 0.648. The standard InChI is InChI=1S/C18H15NO/c1-12-9-10-19-16(11-12)15-7-4-6-14-13-5-2-3-8-17(13)20-18(14)15/h2-11,16,19H,1H3. The predicted octanol–water partition coefficient (Wildman–Crippen LogP) is 4.69. The number of para-hydroxylation sites is 2. The van der Waals surface area contributed by atoms with Gasteiger partial charge >= 0.3 is 0 Å². The molecule has 4 rings (SSSR count). The van der Waals surface area contributed by atoms with Crippen LogP contribution in [0.1, 0.15) is 18.5 Å². The maximum Gasteiger partial charge on any atom is 0.141 e. The van der Waals surface area contributed by atoms with Crippen molar-refractivity contribution in [3.05, 3.63) is 72.0 Å². The number of fused-ring (bicyclic) bond motifs is 3. The normalized spacial score (nSPS) is 18.2. The Labute approximate surface area is 117 Å². The van der Waals surface area contributed by atoms with E-state index in [1.165, 1.54) is 21.9 Å². The minimum absolute atomic E-state index is 0.171. The van der Waals surface area contributed by atoms with E-state index < -0.39 is 0 Å². The van der Waals surface area contributed by atoms with Gasteiger partial charge in [-0.1, -0.05) is 48.0 Å². The van der Waals surface area contributed by atoms with Gasteiger partial charge in [0.15, 0.2) is 0 Å². The van der Waals surface area contributed by atoms with Gasteiger partial charge in [-0.15, -0.1) is 0 Å². The van der Waals surface area contributed by atoms with E-state index in [4.69, 9.17) is 4.42 Å². The van der Waals surface area contributed by atoms with Gasteiger partial charge in [0.2, 0.25) is 0 Å². The highest BCUT2D eigenvalue weighted by molar-refractivity contribution is 6.05. The first kappa shape index (κ1) is 11.4. The number of hydrogen-bond donors (Lipinski definition) is 1. The molecule has 0 bridgehead atoms. The van der Waals surface area contributed by atoms with Crippen LogP contribution in [0.25, 0.3) is 21.9 Å². The molecule has 0 aliphatic carbocycles. The monoisotopic (exact) mass is 261 g/mol. The third kappa shape index (κ3) is 1.65. The van der Waals surface area contributed by atoms with Gasteiger partial charge in [-0.25, -0.2) is 0 Å². The second kappa shape index (κ2) is 4.27.